The Labute approximate surface area is 105 Å². The summed E-state index contributed by atoms with van der Waals surface area (Å²) in [6.45, 7) is 8.60. The second-order valence-electron chi connectivity index (χ2n) is 4.60. The van der Waals surface area contributed by atoms with Crippen molar-refractivity contribution in [3.63, 3.8) is 0 Å². The van der Waals surface area contributed by atoms with Gasteiger partial charge in [-0.05, 0) is 39.3 Å². The van der Waals surface area contributed by atoms with Gasteiger partial charge in [-0.15, -0.1) is 0 Å². The van der Waals surface area contributed by atoms with Crippen molar-refractivity contribution in [1.82, 2.24) is 5.01 Å². The number of hydrogen-bond acceptors (Lipinski definition) is 2. The van der Waals surface area contributed by atoms with Crippen molar-refractivity contribution in [3.8, 4) is 0 Å². The molecule has 0 bridgehead atoms. The third-order valence-corrected chi connectivity index (χ3v) is 2.43. The molecule has 0 saturated carbocycles. The molecule has 0 aliphatic heterocycles. The molecule has 0 saturated heterocycles. The first-order valence-electron chi connectivity index (χ1n) is 6.15. The van der Waals surface area contributed by atoms with Crippen molar-refractivity contribution >= 4 is 12.3 Å². The smallest absolute Gasteiger partial charge is 0.0470 e. The Hall–Kier alpha value is -1.57. The summed E-state index contributed by atoms with van der Waals surface area (Å²) in [5.74, 6) is 0. The second kappa shape index (κ2) is 6.89. The van der Waals surface area contributed by atoms with Crippen LogP contribution in [0.1, 0.15) is 33.3 Å². The highest BCUT2D eigenvalue weighted by Crippen LogP contribution is 2.05. The maximum atomic E-state index is 4.46. The van der Waals surface area contributed by atoms with E-state index >= 15 is 0 Å². The van der Waals surface area contributed by atoms with Crippen LogP contribution in [0.3, 0.4) is 0 Å². The largest absolute Gasteiger partial charge is 0.292 e. The maximum Gasteiger partial charge on any atom is 0.0470 e. The average molecular weight is 230 g/mol. The molecule has 92 valence electrons. The van der Waals surface area contributed by atoms with Crippen LogP contribution < -0.4 is 0 Å². The number of benzene rings is 1. The second-order valence-corrected chi connectivity index (χ2v) is 4.60. The molecule has 0 amide bonds. The van der Waals surface area contributed by atoms with Crippen LogP contribution in [0.25, 0.3) is 6.08 Å². The summed E-state index contributed by atoms with van der Waals surface area (Å²) in [5, 5.41) is 6.55. The molecule has 1 rings (SSSR count). The summed E-state index contributed by atoms with van der Waals surface area (Å²) >= 11 is 0. The lowest BCUT2D eigenvalue weighted by molar-refractivity contribution is 0.185. The van der Waals surface area contributed by atoms with Crippen molar-refractivity contribution in [3.05, 3.63) is 42.0 Å². The fourth-order valence-corrected chi connectivity index (χ4v) is 1.70. The van der Waals surface area contributed by atoms with Gasteiger partial charge in [0.2, 0.25) is 0 Å². The van der Waals surface area contributed by atoms with Crippen LogP contribution in [0.4, 0.5) is 0 Å². The van der Waals surface area contributed by atoms with Crippen LogP contribution in [-0.2, 0) is 0 Å². The van der Waals surface area contributed by atoms with E-state index in [0.717, 1.165) is 0 Å². The Bertz CT molecular complexity index is 356. The van der Waals surface area contributed by atoms with Crippen LogP contribution >= 0.6 is 0 Å². The topological polar surface area (TPSA) is 15.6 Å². The summed E-state index contributed by atoms with van der Waals surface area (Å²) in [6.07, 6.45) is 5.89. The maximum absolute atomic E-state index is 4.46. The van der Waals surface area contributed by atoms with Crippen molar-refractivity contribution in [2.24, 2.45) is 5.10 Å². The van der Waals surface area contributed by atoms with E-state index in [2.05, 4.69) is 56.0 Å². The minimum atomic E-state index is 0.427. The molecule has 2 nitrogen and oxygen atoms in total. The monoisotopic (exact) mass is 230 g/mol. The molecule has 0 spiro atoms. The molecule has 0 aliphatic carbocycles. The highest BCUT2D eigenvalue weighted by Gasteiger charge is 2.08. The quantitative estimate of drug-likeness (QED) is 0.555. The zero-order valence-corrected chi connectivity index (χ0v) is 11.2. The SMILES string of the molecule is CC(C)N(/N=C/C=C/c1ccccc1)C(C)C. The Morgan fingerprint density at radius 2 is 1.59 bits per heavy atom. The van der Waals surface area contributed by atoms with Crippen LogP contribution in [0, 0.1) is 0 Å². The Kier molecular flexibility index (Phi) is 5.47. The van der Waals surface area contributed by atoms with Crippen LogP contribution in [0.15, 0.2) is 41.5 Å². The van der Waals surface area contributed by atoms with Crippen molar-refractivity contribution in [2.75, 3.05) is 0 Å². The highest BCUT2D eigenvalue weighted by molar-refractivity contribution is 5.77. The zero-order valence-electron chi connectivity index (χ0n) is 11.2. The normalized spacial score (nSPS) is 12.1. The number of hydrazone groups is 1. The Morgan fingerprint density at radius 1 is 1.00 bits per heavy atom. The first kappa shape index (κ1) is 13.5. The molecule has 0 heterocycles. The van der Waals surface area contributed by atoms with Gasteiger partial charge in [-0.25, -0.2) is 0 Å². The van der Waals surface area contributed by atoms with E-state index in [1.54, 1.807) is 0 Å². The first-order chi connectivity index (χ1) is 8.11. The zero-order chi connectivity index (χ0) is 12.7. The summed E-state index contributed by atoms with van der Waals surface area (Å²) < 4.78 is 0. The van der Waals surface area contributed by atoms with E-state index in [1.165, 1.54) is 5.56 Å². The average Bonchev–Trinajstić information content (AvgIpc) is 2.29. The lowest BCUT2D eigenvalue weighted by atomic mass is 10.2. The predicted octanol–water partition coefficient (Wildman–Crippen LogP) is 3.80. The first-order valence-corrected chi connectivity index (χ1v) is 6.15. The molecule has 0 fully saturated rings. The lowest BCUT2D eigenvalue weighted by Crippen LogP contribution is -2.32. The van der Waals surface area contributed by atoms with E-state index in [4.69, 9.17) is 0 Å². The summed E-state index contributed by atoms with van der Waals surface area (Å²) in [7, 11) is 0. The summed E-state index contributed by atoms with van der Waals surface area (Å²) in [6, 6.07) is 11.1. The molecule has 1 aromatic rings. The Morgan fingerprint density at radius 3 is 2.12 bits per heavy atom. The molecule has 1 aromatic carbocycles. The van der Waals surface area contributed by atoms with Crippen LogP contribution in [-0.4, -0.2) is 23.3 Å². The van der Waals surface area contributed by atoms with E-state index in [-0.39, 0.29) is 0 Å². The van der Waals surface area contributed by atoms with Crippen LogP contribution in [0.2, 0.25) is 0 Å². The predicted molar refractivity (Wildman–Crippen MR) is 76.1 cm³/mol. The van der Waals surface area contributed by atoms with Gasteiger partial charge in [-0.1, -0.05) is 36.4 Å². The Balaban J connectivity index is 2.57. The van der Waals surface area contributed by atoms with Gasteiger partial charge in [0, 0.05) is 18.3 Å². The fourth-order valence-electron chi connectivity index (χ4n) is 1.70. The number of rotatable bonds is 5. The molecule has 0 aromatic heterocycles. The van der Waals surface area contributed by atoms with Crippen molar-refractivity contribution in [2.45, 2.75) is 39.8 Å². The molecule has 0 N–H and O–H groups in total. The van der Waals surface area contributed by atoms with Gasteiger partial charge < -0.3 is 0 Å². The lowest BCUT2D eigenvalue weighted by Gasteiger charge is -2.27. The minimum absolute atomic E-state index is 0.427. The molecule has 0 radical (unpaired) electrons. The number of hydrogen-bond donors (Lipinski definition) is 0. The molecule has 17 heavy (non-hydrogen) atoms. The third-order valence-electron chi connectivity index (χ3n) is 2.43. The van der Waals surface area contributed by atoms with Gasteiger partial charge >= 0.3 is 0 Å². The van der Waals surface area contributed by atoms with Gasteiger partial charge in [0.05, 0.1) is 0 Å². The van der Waals surface area contributed by atoms with Gasteiger partial charge in [0.25, 0.3) is 0 Å². The van der Waals surface area contributed by atoms with E-state index in [0.29, 0.717) is 12.1 Å². The van der Waals surface area contributed by atoms with E-state index in [1.807, 2.05) is 30.5 Å². The molecular weight excluding hydrogens is 208 g/mol. The number of allylic oxidation sites excluding steroid dienone is 1. The highest BCUT2D eigenvalue weighted by atomic mass is 15.5. The molecular formula is C15H22N2. The molecule has 0 unspecified atom stereocenters. The van der Waals surface area contributed by atoms with Gasteiger partial charge in [0.1, 0.15) is 0 Å². The van der Waals surface area contributed by atoms with Gasteiger partial charge in [-0.3, -0.25) is 5.01 Å². The minimum Gasteiger partial charge on any atom is -0.292 e. The molecule has 0 atom stereocenters. The number of nitrogens with zero attached hydrogens (tertiary/aromatic N) is 2. The third kappa shape index (κ3) is 4.85. The van der Waals surface area contributed by atoms with Crippen molar-refractivity contribution < 1.29 is 0 Å². The summed E-state index contributed by atoms with van der Waals surface area (Å²) in [5.41, 5.74) is 1.19. The fraction of sp³-hybridized carbons (Fsp3) is 0.400. The molecule has 2 heteroatoms. The van der Waals surface area contributed by atoms with E-state index < -0.39 is 0 Å². The molecule has 0 aliphatic rings. The van der Waals surface area contributed by atoms with Gasteiger partial charge in [-0.2, -0.15) is 5.10 Å². The van der Waals surface area contributed by atoms with Crippen molar-refractivity contribution in [1.29, 1.82) is 0 Å². The standard InChI is InChI=1S/C15H22N2/c1-13(2)17(14(3)4)16-12-8-11-15-9-6-5-7-10-15/h5-14H,1-4H3/b11-8+,16-12+. The summed E-state index contributed by atoms with van der Waals surface area (Å²) in [4.78, 5) is 0. The van der Waals surface area contributed by atoms with Crippen LogP contribution in [0.5, 0.6) is 0 Å². The van der Waals surface area contributed by atoms with Gasteiger partial charge in [0.15, 0.2) is 0 Å². The van der Waals surface area contributed by atoms with E-state index in [9.17, 15) is 0 Å².